The van der Waals surface area contributed by atoms with Crippen LogP contribution in [-0.4, -0.2) is 22.7 Å². The summed E-state index contributed by atoms with van der Waals surface area (Å²) in [6.07, 6.45) is 7.25. The minimum Gasteiger partial charge on any atom is -0.267 e. The molecule has 0 heterocycles. The monoisotopic (exact) mass is 406 g/mol. The molecule has 3 aromatic carbocycles. The van der Waals surface area contributed by atoms with Gasteiger partial charge in [0, 0.05) is 5.56 Å². The maximum atomic E-state index is 13.5. The number of allylic oxidation sites excluding steroid dienone is 1. The molecular formula is C28H26N2O. The van der Waals surface area contributed by atoms with Crippen molar-refractivity contribution in [1.82, 2.24) is 5.01 Å². The number of rotatable bonds is 5. The minimum atomic E-state index is -0.187. The van der Waals surface area contributed by atoms with Crippen molar-refractivity contribution in [3.8, 4) is 0 Å². The molecule has 0 fully saturated rings. The molecule has 4 rings (SSSR count). The number of hydrogen-bond acceptors (Lipinski definition) is 2. The van der Waals surface area contributed by atoms with Crippen LogP contribution in [0.3, 0.4) is 0 Å². The number of hydrogen-bond donors (Lipinski definition) is 0. The highest BCUT2D eigenvalue weighted by Crippen LogP contribution is 2.20. The van der Waals surface area contributed by atoms with Crippen molar-refractivity contribution in [2.75, 3.05) is 0 Å². The molecule has 0 aliphatic heterocycles. The summed E-state index contributed by atoms with van der Waals surface area (Å²) in [6.45, 7) is 4.00. The fourth-order valence-electron chi connectivity index (χ4n) is 3.73. The van der Waals surface area contributed by atoms with Gasteiger partial charge in [-0.15, -0.1) is 0 Å². The third-order valence-corrected chi connectivity index (χ3v) is 5.61. The molecule has 31 heavy (non-hydrogen) atoms. The van der Waals surface area contributed by atoms with Crippen molar-refractivity contribution in [3.63, 3.8) is 0 Å². The van der Waals surface area contributed by atoms with Crippen LogP contribution in [0.4, 0.5) is 0 Å². The molecule has 154 valence electrons. The molecule has 0 N–H and O–H groups in total. The third-order valence-electron chi connectivity index (χ3n) is 5.61. The Bertz CT molecular complexity index is 1240. The first-order valence-electron chi connectivity index (χ1n) is 10.6. The molecule has 0 radical (unpaired) electrons. The van der Waals surface area contributed by atoms with Gasteiger partial charge in [0.2, 0.25) is 0 Å². The zero-order valence-corrected chi connectivity index (χ0v) is 17.9. The van der Waals surface area contributed by atoms with Gasteiger partial charge in [0.15, 0.2) is 0 Å². The smallest absolute Gasteiger partial charge is 0.267 e. The van der Waals surface area contributed by atoms with Crippen LogP contribution in [0, 0.1) is 0 Å². The second-order valence-corrected chi connectivity index (χ2v) is 7.69. The van der Waals surface area contributed by atoms with Crippen molar-refractivity contribution < 1.29 is 4.79 Å². The quantitative estimate of drug-likeness (QED) is 0.453. The summed E-state index contributed by atoms with van der Waals surface area (Å²) < 4.78 is 0. The lowest BCUT2D eigenvalue weighted by molar-refractivity contribution is 0.0722. The predicted octanol–water partition coefficient (Wildman–Crippen LogP) is 4.53. The van der Waals surface area contributed by atoms with Crippen LogP contribution >= 0.6 is 0 Å². The zero-order valence-electron chi connectivity index (χ0n) is 17.9. The molecule has 3 heteroatoms. The molecule has 1 atom stereocenters. The number of benzene rings is 3. The number of hydrazone groups is 1. The molecule has 1 unspecified atom stereocenters. The standard InChI is InChI=1S/C28H26N2O/c1-21(23-11-5-3-6-12-23)29-30(28(31)27-15-7-4-8-16-27)22(2)24-17-19-25-13-9-10-14-26(25)20-18-24/h3-17,19-20,22H,18H2,1-2H3/b29-21+. The van der Waals surface area contributed by atoms with Gasteiger partial charge in [-0.3, -0.25) is 4.79 Å². The van der Waals surface area contributed by atoms with Gasteiger partial charge in [0.05, 0.1) is 11.8 Å². The van der Waals surface area contributed by atoms with Crippen LogP contribution in [-0.2, 0) is 0 Å². The maximum absolute atomic E-state index is 13.5. The fraction of sp³-hybridized carbons (Fsp3) is 0.143. The van der Waals surface area contributed by atoms with E-state index in [9.17, 15) is 4.79 Å². The molecular weight excluding hydrogens is 380 g/mol. The summed E-state index contributed by atoms with van der Waals surface area (Å²) in [5.74, 6) is -0.106. The molecule has 0 saturated carbocycles. The lowest BCUT2D eigenvalue weighted by Gasteiger charge is -2.27. The third kappa shape index (κ3) is 4.72. The second kappa shape index (κ2) is 9.40. The van der Waals surface area contributed by atoms with Crippen molar-refractivity contribution in [1.29, 1.82) is 0 Å². The molecule has 1 amide bonds. The number of amides is 1. The van der Waals surface area contributed by atoms with Crippen molar-refractivity contribution >= 4 is 23.8 Å². The van der Waals surface area contributed by atoms with E-state index in [1.165, 1.54) is 10.4 Å². The first-order valence-corrected chi connectivity index (χ1v) is 10.6. The highest BCUT2D eigenvalue weighted by atomic mass is 16.2. The summed E-state index contributed by atoms with van der Waals surface area (Å²) in [5.41, 5.74) is 3.58. The molecule has 1 aliphatic carbocycles. The Morgan fingerprint density at radius 1 is 0.806 bits per heavy atom. The van der Waals surface area contributed by atoms with E-state index in [4.69, 9.17) is 5.10 Å². The summed E-state index contributed by atoms with van der Waals surface area (Å²) in [5, 5.41) is 8.84. The number of nitrogens with zero attached hydrogens (tertiary/aromatic N) is 2. The van der Waals surface area contributed by atoms with Crippen LogP contribution in [0.15, 0.2) is 102 Å². The summed E-state index contributed by atoms with van der Waals surface area (Å²) in [4.78, 5) is 13.5. The maximum Gasteiger partial charge on any atom is 0.274 e. The van der Waals surface area contributed by atoms with Gasteiger partial charge in [-0.1, -0.05) is 91.0 Å². The van der Waals surface area contributed by atoms with Gasteiger partial charge in [0.1, 0.15) is 0 Å². The van der Waals surface area contributed by atoms with Crippen molar-refractivity contribution in [2.24, 2.45) is 5.10 Å². The van der Waals surface area contributed by atoms with Crippen LogP contribution < -0.4 is 10.4 Å². The highest BCUT2D eigenvalue weighted by molar-refractivity contribution is 6.01. The van der Waals surface area contributed by atoms with Gasteiger partial charge in [-0.05, 0) is 54.0 Å². The molecule has 0 saturated heterocycles. The summed E-state index contributed by atoms with van der Waals surface area (Å²) in [7, 11) is 0. The van der Waals surface area contributed by atoms with Crippen molar-refractivity contribution in [3.05, 3.63) is 118 Å². The fourth-order valence-corrected chi connectivity index (χ4v) is 3.73. The average molecular weight is 407 g/mol. The highest BCUT2D eigenvalue weighted by Gasteiger charge is 2.24. The van der Waals surface area contributed by atoms with E-state index in [2.05, 4.69) is 36.4 Å². The van der Waals surface area contributed by atoms with Crippen LogP contribution in [0.25, 0.3) is 12.2 Å². The lowest BCUT2D eigenvalue weighted by atomic mass is 10.0. The Labute approximate surface area is 183 Å². The molecule has 0 spiro atoms. The van der Waals surface area contributed by atoms with E-state index < -0.39 is 0 Å². The Kier molecular flexibility index (Phi) is 6.23. The van der Waals surface area contributed by atoms with E-state index in [1.807, 2.05) is 80.6 Å². The van der Waals surface area contributed by atoms with Crippen LogP contribution in [0.2, 0.25) is 0 Å². The van der Waals surface area contributed by atoms with Gasteiger partial charge >= 0.3 is 0 Å². The second-order valence-electron chi connectivity index (χ2n) is 7.69. The van der Waals surface area contributed by atoms with Crippen molar-refractivity contribution in [2.45, 2.75) is 26.3 Å². The molecule has 3 nitrogen and oxygen atoms in total. The van der Waals surface area contributed by atoms with Gasteiger partial charge in [-0.25, -0.2) is 5.01 Å². The summed E-state index contributed by atoms with van der Waals surface area (Å²) >= 11 is 0. The molecule has 3 aromatic rings. The average Bonchev–Trinajstić information content (AvgIpc) is 3.05. The Hall–Kier alpha value is -3.72. The van der Waals surface area contributed by atoms with Gasteiger partial charge < -0.3 is 0 Å². The van der Waals surface area contributed by atoms with E-state index >= 15 is 0 Å². The predicted molar refractivity (Wildman–Crippen MR) is 128 cm³/mol. The molecule has 0 bridgehead atoms. The Balaban J connectivity index is 1.72. The van der Waals surface area contributed by atoms with E-state index in [0.717, 1.165) is 23.3 Å². The van der Waals surface area contributed by atoms with Crippen LogP contribution in [0.1, 0.15) is 36.2 Å². The summed E-state index contributed by atoms with van der Waals surface area (Å²) in [6, 6.07) is 27.5. The number of carbonyl (C=O) groups excluding carboxylic acids is 1. The number of carbonyl (C=O) groups is 1. The van der Waals surface area contributed by atoms with Gasteiger partial charge in [0.25, 0.3) is 5.91 Å². The molecule has 1 aliphatic rings. The topological polar surface area (TPSA) is 32.7 Å². The Morgan fingerprint density at radius 2 is 1.39 bits per heavy atom. The van der Waals surface area contributed by atoms with E-state index in [0.29, 0.717) is 5.56 Å². The zero-order chi connectivity index (χ0) is 21.6. The van der Waals surface area contributed by atoms with E-state index in [1.54, 1.807) is 5.01 Å². The van der Waals surface area contributed by atoms with E-state index in [-0.39, 0.29) is 11.9 Å². The first-order chi connectivity index (χ1) is 15.1. The van der Waals surface area contributed by atoms with Crippen LogP contribution in [0.5, 0.6) is 0 Å². The normalized spacial score (nSPS) is 14.3. The largest absolute Gasteiger partial charge is 0.274 e. The first kappa shape index (κ1) is 20.5. The van der Waals surface area contributed by atoms with Gasteiger partial charge in [-0.2, -0.15) is 5.10 Å². The number of fused-ring (bicyclic) bond motifs is 1. The SMILES string of the molecule is C/C(=N\N(C(=O)c1ccccc1)C(C)C1=CC=c2ccccc2=CC1)c1ccccc1. The Morgan fingerprint density at radius 3 is 2.06 bits per heavy atom. The minimum absolute atomic E-state index is 0.106. The lowest BCUT2D eigenvalue weighted by Crippen LogP contribution is -2.36. The molecule has 0 aromatic heterocycles.